The molecule has 2 rings (SSSR count). The van der Waals surface area contributed by atoms with E-state index in [1.54, 1.807) is 0 Å². The van der Waals surface area contributed by atoms with E-state index < -0.39 is 0 Å². The van der Waals surface area contributed by atoms with E-state index in [1.807, 2.05) is 33.2 Å². The zero-order valence-corrected chi connectivity index (χ0v) is 14.8. The molecule has 0 saturated carbocycles. The van der Waals surface area contributed by atoms with E-state index in [1.165, 1.54) is 14.2 Å². The van der Waals surface area contributed by atoms with Gasteiger partial charge in [0.1, 0.15) is 11.8 Å². The predicted molar refractivity (Wildman–Crippen MR) is 92.2 cm³/mol. The fourth-order valence-electron chi connectivity index (χ4n) is 2.86. The minimum absolute atomic E-state index is 0.197. The summed E-state index contributed by atoms with van der Waals surface area (Å²) in [5.74, 6) is 0.231. The van der Waals surface area contributed by atoms with Crippen LogP contribution < -0.4 is 4.74 Å². The molecule has 0 bridgehead atoms. The lowest BCUT2D eigenvalue weighted by molar-refractivity contribution is -0.139. The van der Waals surface area contributed by atoms with Gasteiger partial charge in [-0.1, -0.05) is 0 Å². The molecule has 1 aromatic heterocycles. The number of aromatic nitrogens is 1. The van der Waals surface area contributed by atoms with E-state index in [0.717, 1.165) is 35.2 Å². The molecule has 1 heterocycles. The van der Waals surface area contributed by atoms with Crippen molar-refractivity contribution in [1.29, 1.82) is 5.26 Å². The maximum Gasteiger partial charge on any atom is 0.310 e. The molecule has 6 heteroatoms. The van der Waals surface area contributed by atoms with Gasteiger partial charge >= 0.3 is 5.97 Å². The number of nitrogens with zero attached hydrogens (tertiary/aromatic N) is 3. The average Bonchev–Trinajstić information content (AvgIpc) is 2.82. The molecule has 0 atom stereocenters. The summed E-state index contributed by atoms with van der Waals surface area (Å²) in [6, 6.07) is 5.84. The number of nitriles is 1. The molecule has 0 aliphatic heterocycles. The number of methoxy groups -OCH3 is 2. The Morgan fingerprint density at radius 3 is 2.58 bits per heavy atom. The van der Waals surface area contributed by atoms with Crippen molar-refractivity contribution < 1.29 is 14.3 Å². The summed E-state index contributed by atoms with van der Waals surface area (Å²) in [5.41, 5.74) is 3.34. The van der Waals surface area contributed by atoms with Gasteiger partial charge in [-0.25, -0.2) is 0 Å². The van der Waals surface area contributed by atoms with E-state index in [-0.39, 0.29) is 12.4 Å². The predicted octanol–water partition coefficient (Wildman–Crippen LogP) is 2.11. The standard InChI is InChI=1S/C18H23N3O3/c1-12-14(10-18(22)24-5)15-9-17(23-4)13(11-19)8-16(15)21(12)7-6-20(2)3/h8-9H,6-7,10H2,1-5H3. The van der Waals surface area contributed by atoms with Gasteiger partial charge in [0.25, 0.3) is 0 Å². The molecule has 0 aliphatic rings. The van der Waals surface area contributed by atoms with Crippen molar-refractivity contribution in [3.63, 3.8) is 0 Å². The van der Waals surface area contributed by atoms with Gasteiger partial charge in [0.2, 0.25) is 0 Å². The minimum atomic E-state index is -0.284. The third-order valence-corrected chi connectivity index (χ3v) is 4.22. The molecule has 0 radical (unpaired) electrons. The molecule has 0 N–H and O–H groups in total. The largest absolute Gasteiger partial charge is 0.495 e. The van der Waals surface area contributed by atoms with Crippen molar-refractivity contribution in [3.8, 4) is 11.8 Å². The van der Waals surface area contributed by atoms with Gasteiger partial charge < -0.3 is 18.9 Å². The molecule has 0 fully saturated rings. The van der Waals surface area contributed by atoms with Crippen molar-refractivity contribution in [1.82, 2.24) is 9.47 Å². The first-order chi connectivity index (χ1) is 11.4. The molecule has 128 valence electrons. The highest BCUT2D eigenvalue weighted by Gasteiger charge is 2.19. The maximum atomic E-state index is 11.8. The van der Waals surface area contributed by atoms with Gasteiger partial charge in [-0.3, -0.25) is 4.79 Å². The zero-order valence-electron chi connectivity index (χ0n) is 14.8. The van der Waals surface area contributed by atoms with Gasteiger partial charge in [0.05, 0.1) is 31.7 Å². The maximum absolute atomic E-state index is 11.8. The normalized spacial score (nSPS) is 10.9. The first-order valence-electron chi connectivity index (χ1n) is 7.74. The fourth-order valence-corrected chi connectivity index (χ4v) is 2.86. The highest BCUT2D eigenvalue weighted by Crippen LogP contribution is 2.32. The third kappa shape index (κ3) is 3.36. The Labute approximate surface area is 142 Å². The Balaban J connectivity index is 2.68. The number of benzene rings is 1. The summed E-state index contributed by atoms with van der Waals surface area (Å²) in [4.78, 5) is 13.9. The smallest absolute Gasteiger partial charge is 0.310 e. The summed E-state index contributed by atoms with van der Waals surface area (Å²) < 4.78 is 12.3. The van der Waals surface area contributed by atoms with Crippen LogP contribution in [0.2, 0.25) is 0 Å². The monoisotopic (exact) mass is 329 g/mol. The number of fused-ring (bicyclic) bond motifs is 1. The van der Waals surface area contributed by atoms with Crippen LogP contribution in [0.5, 0.6) is 5.75 Å². The Morgan fingerprint density at radius 2 is 2.04 bits per heavy atom. The lowest BCUT2D eigenvalue weighted by Crippen LogP contribution is -2.19. The molecule has 0 amide bonds. The van der Waals surface area contributed by atoms with Crippen molar-refractivity contribution in [3.05, 3.63) is 29.0 Å². The second kappa shape index (κ2) is 7.37. The first kappa shape index (κ1) is 17.8. The van der Waals surface area contributed by atoms with Crippen molar-refractivity contribution in [2.75, 3.05) is 34.9 Å². The first-order valence-corrected chi connectivity index (χ1v) is 7.74. The Morgan fingerprint density at radius 1 is 1.33 bits per heavy atom. The number of carbonyl (C=O) groups is 1. The second-order valence-corrected chi connectivity index (χ2v) is 5.95. The third-order valence-electron chi connectivity index (χ3n) is 4.22. The van der Waals surface area contributed by atoms with E-state index in [4.69, 9.17) is 9.47 Å². The number of rotatable bonds is 6. The van der Waals surface area contributed by atoms with E-state index in [0.29, 0.717) is 11.3 Å². The molecule has 0 aliphatic carbocycles. The Hall–Kier alpha value is -2.52. The Bertz CT molecular complexity index is 800. The highest BCUT2D eigenvalue weighted by atomic mass is 16.5. The topological polar surface area (TPSA) is 67.5 Å². The summed E-state index contributed by atoms with van der Waals surface area (Å²) in [6.07, 6.45) is 0.197. The van der Waals surface area contributed by atoms with Crippen LogP contribution in [0.3, 0.4) is 0 Å². The van der Waals surface area contributed by atoms with E-state index >= 15 is 0 Å². The van der Waals surface area contributed by atoms with Crippen molar-refractivity contribution in [2.24, 2.45) is 0 Å². The van der Waals surface area contributed by atoms with Crippen LogP contribution in [0.1, 0.15) is 16.8 Å². The molecule has 2 aromatic rings. The SMILES string of the molecule is COC(=O)Cc1c(C)n(CCN(C)C)c2cc(C#N)c(OC)cc12. The number of ether oxygens (including phenoxy) is 2. The molecule has 24 heavy (non-hydrogen) atoms. The van der Waals surface area contributed by atoms with Gasteiger partial charge in [-0.2, -0.15) is 5.26 Å². The highest BCUT2D eigenvalue weighted by molar-refractivity contribution is 5.91. The lowest BCUT2D eigenvalue weighted by Gasteiger charge is -2.13. The van der Waals surface area contributed by atoms with Gasteiger partial charge in [0, 0.05) is 24.2 Å². The Kier molecular flexibility index (Phi) is 5.47. The van der Waals surface area contributed by atoms with Crippen LogP contribution in [-0.4, -0.2) is 50.3 Å². The number of hydrogen-bond donors (Lipinski definition) is 0. The molecule has 1 aromatic carbocycles. The molecule has 6 nitrogen and oxygen atoms in total. The molecular formula is C18H23N3O3. The summed E-state index contributed by atoms with van der Waals surface area (Å²) in [6.45, 7) is 3.62. The van der Waals surface area contributed by atoms with Gasteiger partial charge in [-0.15, -0.1) is 0 Å². The van der Waals surface area contributed by atoms with Crippen molar-refractivity contribution in [2.45, 2.75) is 19.9 Å². The number of hydrogen-bond acceptors (Lipinski definition) is 5. The van der Waals surface area contributed by atoms with Crippen LogP contribution in [0.15, 0.2) is 12.1 Å². The fraction of sp³-hybridized carbons (Fsp3) is 0.444. The molecule has 0 spiro atoms. The van der Waals surface area contributed by atoms with Crippen LogP contribution in [0.4, 0.5) is 0 Å². The summed E-state index contributed by atoms with van der Waals surface area (Å²) in [5, 5.41) is 10.3. The summed E-state index contributed by atoms with van der Waals surface area (Å²) in [7, 11) is 6.95. The van der Waals surface area contributed by atoms with E-state index in [9.17, 15) is 10.1 Å². The van der Waals surface area contributed by atoms with Gasteiger partial charge in [-0.05, 0) is 38.7 Å². The summed E-state index contributed by atoms with van der Waals surface area (Å²) >= 11 is 0. The quantitative estimate of drug-likeness (QED) is 0.759. The van der Waals surface area contributed by atoms with E-state index in [2.05, 4.69) is 15.5 Å². The molecule has 0 saturated heterocycles. The van der Waals surface area contributed by atoms with Crippen LogP contribution >= 0.6 is 0 Å². The average molecular weight is 329 g/mol. The van der Waals surface area contributed by atoms with Gasteiger partial charge in [0.15, 0.2) is 0 Å². The zero-order chi connectivity index (χ0) is 17.9. The molecular weight excluding hydrogens is 306 g/mol. The number of esters is 1. The minimum Gasteiger partial charge on any atom is -0.495 e. The number of carbonyl (C=O) groups excluding carboxylic acids is 1. The second-order valence-electron chi connectivity index (χ2n) is 5.95. The van der Waals surface area contributed by atoms with Crippen molar-refractivity contribution >= 4 is 16.9 Å². The van der Waals surface area contributed by atoms with Crippen LogP contribution in [-0.2, 0) is 22.5 Å². The van der Waals surface area contributed by atoms with Crippen LogP contribution in [0.25, 0.3) is 10.9 Å². The lowest BCUT2D eigenvalue weighted by atomic mass is 10.1. The number of likely N-dealkylation sites (N-methyl/N-ethyl adjacent to an activating group) is 1. The van der Waals surface area contributed by atoms with Crippen LogP contribution in [0, 0.1) is 18.3 Å². The molecule has 0 unspecified atom stereocenters.